The smallest absolute Gasteiger partial charge is 0.128 e. The third-order valence-electron chi connectivity index (χ3n) is 3.29. The molecule has 0 aliphatic carbocycles. The molecule has 2 atom stereocenters. The maximum Gasteiger partial charge on any atom is 0.128 e. The maximum absolute atomic E-state index is 13.2. The summed E-state index contributed by atoms with van der Waals surface area (Å²) in [5, 5.41) is 10.7. The van der Waals surface area contributed by atoms with Crippen molar-refractivity contribution in [3.8, 4) is 5.75 Å². The Balaban J connectivity index is 1.99. The highest BCUT2D eigenvalue weighted by Crippen LogP contribution is 2.42. The molecule has 0 radical (unpaired) electrons. The van der Waals surface area contributed by atoms with Crippen LogP contribution in [0.3, 0.4) is 0 Å². The second kappa shape index (κ2) is 4.83. The van der Waals surface area contributed by atoms with Crippen LogP contribution in [0.15, 0.2) is 42.5 Å². The van der Waals surface area contributed by atoms with Crippen LogP contribution in [0.25, 0.3) is 0 Å². The van der Waals surface area contributed by atoms with E-state index < -0.39 is 6.10 Å². The molecule has 0 bridgehead atoms. The molecular weight excluding hydrogens is 267 g/mol. The van der Waals surface area contributed by atoms with E-state index in [1.165, 1.54) is 12.1 Å². The van der Waals surface area contributed by atoms with Crippen molar-refractivity contribution in [3.05, 3.63) is 64.4 Å². The van der Waals surface area contributed by atoms with Crippen molar-refractivity contribution in [2.24, 2.45) is 0 Å². The number of ether oxygens (including phenoxy) is 1. The Morgan fingerprint density at radius 2 is 1.95 bits per heavy atom. The van der Waals surface area contributed by atoms with Gasteiger partial charge in [-0.05, 0) is 18.2 Å². The number of hydrogen-bond donors (Lipinski definition) is 1. The summed E-state index contributed by atoms with van der Waals surface area (Å²) >= 11 is 6.13. The van der Waals surface area contributed by atoms with Crippen LogP contribution in [0, 0.1) is 5.82 Å². The third-order valence-corrected chi connectivity index (χ3v) is 3.64. The van der Waals surface area contributed by atoms with Crippen molar-refractivity contribution in [3.63, 3.8) is 0 Å². The van der Waals surface area contributed by atoms with E-state index in [-0.39, 0.29) is 11.9 Å². The van der Waals surface area contributed by atoms with Gasteiger partial charge in [0.15, 0.2) is 0 Å². The zero-order chi connectivity index (χ0) is 13.4. The van der Waals surface area contributed by atoms with Gasteiger partial charge in [-0.25, -0.2) is 4.39 Å². The lowest BCUT2D eigenvalue weighted by atomic mass is 9.95. The molecule has 98 valence electrons. The van der Waals surface area contributed by atoms with Crippen molar-refractivity contribution in [2.45, 2.75) is 18.6 Å². The fourth-order valence-corrected chi connectivity index (χ4v) is 2.60. The van der Waals surface area contributed by atoms with Crippen LogP contribution in [0.4, 0.5) is 4.39 Å². The zero-order valence-electron chi connectivity index (χ0n) is 10.0. The summed E-state index contributed by atoms with van der Waals surface area (Å²) in [5.74, 6) is -0.00516. The van der Waals surface area contributed by atoms with Gasteiger partial charge < -0.3 is 9.84 Å². The van der Waals surface area contributed by atoms with Crippen molar-refractivity contribution >= 4 is 11.6 Å². The van der Waals surface area contributed by atoms with Gasteiger partial charge in [0, 0.05) is 28.6 Å². The van der Waals surface area contributed by atoms with E-state index in [0.717, 1.165) is 5.56 Å². The predicted octanol–water partition coefficient (Wildman–Crippen LogP) is 4.04. The standard InChI is InChI=1S/C15H12ClFO2/c16-12-4-2-1-3-10(12)15-8-13(18)11-6-5-9(17)7-14(11)19-15/h1-7,13,15,18H,8H2. The molecule has 0 spiro atoms. The molecule has 4 heteroatoms. The van der Waals surface area contributed by atoms with Gasteiger partial charge in [-0.2, -0.15) is 0 Å². The van der Waals surface area contributed by atoms with E-state index in [0.29, 0.717) is 22.8 Å². The van der Waals surface area contributed by atoms with E-state index in [1.807, 2.05) is 18.2 Å². The summed E-state index contributed by atoms with van der Waals surface area (Å²) < 4.78 is 19.0. The number of rotatable bonds is 1. The van der Waals surface area contributed by atoms with E-state index >= 15 is 0 Å². The summed E-state index contributed by atoms with van der Waals surface area (Å²) in [7, 11) is 0. The van der Waals surface area contributed by atoms with Gasteiger partial charge in [0.1, 0.15) is 17.7 Å². The fourth-order valence-electron chi connectivity index (χ4n) is 2.34. The summed E-state index contributed by atoms with van der Waals surface area (Å²) in [6.07, 6.45) is -0.633. The Kier molecular flexibility index (Phi) is 3.17. The van der Waals surface area contributed by atoms with Crippen LogP contribution in [-0.4, -0.2) is 5.11 Å². The first-order valence-corrected chi connectivity index (χ1v) is 6.41. The molecule has 2 nitrogen and oxygen atoms in total. The van der Waals surface area contributed by atoms with Gasteiger partial charge in [-0.3, -0.25) is 0 Å². The molecule has 0 amide bonds. The minimum Gasteiger partial charge on any atom is -0.485 e. The SMILES string of the molecule is OC1CC(c2ccccc2Cl)Oc2cc(F)ccc21. The van der Waals surface area contributed by atoms with Crippen molar-refractivity contribution < 1.29 is 14.2 Å². The maximum atomic E-state index is 13.2. The minimum absolute atomic E-state index is 0.363. The fraction of sp³-hybridized carbons (Fsp3) is 0.200. The van der Waals surface area contributed by atoms with E-state index in [4.69, 9.17) is 16.3 Å². The molecule has 1 heterocycles. The monoisotopic (exact) mass is 278 g/mol. The highest BCUT2D eigenvalue weighted by atomic mass is 35.5. The molecule has 1 aliphatic heterocycles. The summed E-state index contributed by atoms with van der Waals surface area (Å²) in [6, 6.07) is 11.5. The van der Waals surface area contributed by atoms with Gasteiger partial charge in [0.25, 0.3) is 0 Å². The normalized spacial score (nSPS) is 21.6. The molecule has 2 aromatic carbocycles. The number of aliphatic hydroxyl groups excluding tert-OH is 1. The Hall–Kier alpha value is -1.58. The highest BCUT2D eigenvalue weighted by Gasteiger charge is 2.29. The van der Waals surface area contributed by atoms with E-state index in [2.05, 4.69) is 0 Å². The molecule has 2 aromatic rings. The van der Waals surface area contributed by atoms with Crippen molar-refractivity contribution in [2.75, 3.05) is 0 Å². The van der Waals surface area contributed by atoms with Crippen LogP contribution in [0.2, 0.25) is 5.02 Å². The van der Waals surface area contributed by atoms with Crippen LogP contribution < -0.4 is 4.74 Å². The Bertz CT molecular complexity index is 615. The second-order valence-corrected chi connectivity index (χ2v) is 4.97. The molecule has 0 saturated heterocycles. The summed E-state index contributed by atoms with van der Waals surface area (Å²) in [5.41, 5.74) is 1.42. The lowest BCUT2D eigenvalue weighted by Gasteiger charge is -2.30. The molecular formula is C15H12ClFO2. The van der Waals surface area contributed by atoms with Gasteiger partial charge in [0.05, 0.1) is 6.10 Å². The van der Waals surface area contributed by atoms with Crippen molar-refractivity contribution in [1.82, 2.24) is 0 Å². The Labute approximate surface area is 115 Å². The lowest BCUT2D eigenvalue weighted by Crippen LogP contribution is -2.19. The highest BCUT2D eigenvalue weighted by molar-refractivity contribution is 6.31. The summed E-state index contributed by atoms with van der Waals surface area (Å²) in [6.45, 7) is 0. The van der Waals surface area contributed by atoms with Crippen LogP contribution in [0.5, 0.6) is 5.75 Å². The first-order valence-electron chi connectivity index (χ1n) is 6.04. The summed E-state index contributed by atoms with van der Waals surface area (Å²) in [4.78, 5) is 0. The van der Waals surface area contributed by atoms with Gasteiger partial charge in [-0.1, -0.05) is 29.8 Å². The molecule has 1 N–H and O–H groups in total. The van der Waals surface area contributed by atoms with Crippen molar-refractivity contribution in [1.29, 1.82) is 0 Å². The van der Waals surface area contributed by atoms with Crippen LogP contribution in [-0.2, 0) is 0 Å². The van der Waals surface area contributed by atoms with Gasteiger partial charge in [-0.15, -0.1) is 0 Å². The number of fused-ring (bicyclic) bond motifs is 1. The Morgan fingerprint density at radius 3 is 2.74 bits per heavy atom. The molecule has 19 heavy (non-hydrogen) atoms. The molecule has 3 rings (SSSR count). The largest absolute Gasteiger partial charge is 0.485 e. The first-order chi connectivity index (χ1) is 9.15. The molecule has 2 unspecified atom stereocenters. The zero-order valence-corrected chi connectivity index (χ0v) is 10.8. The average Bonchev–Trinajstić information content (AvgIpc) is 2.38. The topological polar surface area (TPSA) is 29.5 Å². The molecule has 1 aliphatic rings. The number of hydrogen-bond acceptors (Lipinski definition) is 2. The average molecular weight is 279 g/mol. The predicted molar refractivity (Wildman–Crippen MR) is 70.8 cm³/mol. The van der Waals surface area contributed by atoms with E-state index in [9.17, 15) is 9.50 Å². The second-order valence-electron chi connectivity index (χ2n) is 4.56. The quantitative estimate of drug-likeness (QED) is 0.853. The van der Waals surface area contributed by atoms with Crippen LogP contribution >= 0.6 is 11.6 Å². The molecule has 0 saturated carbocycles. The Morgan fingerprint density at radius 1 is 1.16 bits per heavy atom. The number of halogens is 2. The van der Waals surface area contributed by atoms with Crippen LogP contribution in [0.1, 0.15) is 29.8 Å². The number of benzene rings is 2. The lowest BCUT2D eigenvalue weighted by molar-refractivity contribution is 0.0654. The number of aliphatic hydroxyl groups is 1. The first kappa shape index (κ1) is 12.5. The molecule has 0 fully saturated rings. The third kappa shape index (κ3) is 2.31. The molecule has 0 aromatic heterocycles. The van der Waals surface area contributed by atoms with Gasteiger partial charge in [0.2, 0.25) is 0 Å². The van der Waals surface area contributed by atoms with Gasteiger partial charge >= 0.3 is 0 Å². The minimum atomic E-state index is -0.675. The van der Waals surface area contributed by atoms with E-state index in [1.54, 1.807) is 12.1 Å².